The Kier molecular flexibility index (Phi) is 6.06. The summed E-state index contributed by atoms with van der Waals surface area (Å²) in [6.45, 7) is 8.73. The molecule has 0 radical (unpaired) electrons. The minimum absolute atomic E-state index is 0.0287. The first kappa shape index (κ1) is 26.5. The number of rotatable bonds is 4. The maximum absolute atomic E-state index is 12.5. The maximum atomic E-state index is 12.5. The van der Waals surface area contributed by atoms with Crippen LogP contribution in [-0.2, 0) is 33.3 Å². The molecule has 6 rings (SSSR count). The van der Waals surface area contributed by atoms with Gasteiger partial charge in [0.15, 0.2) is 0 Å². The van der Waals surface area contributed by atoms with E-state index in [1.807, 2.05) is 0 Å². The highest BCUT2D eigenvalue weighted by atomic mass is 16.7. The summed E-state index contributed by atoms with van der Waals surface area (Å²) in [7, 11) is 0. The summed E-state index contributed by atoms with van der Waals surface area (Å²) in [4.78, 5) is 48.3. The van der Waals surface area contributed by atoms with Crippen molar-refractivity contribution in [3.05, 3.63) is 34.4 Å². The van der Waals surface area contributed by atoms with Crippen LogP contribution < -0.4 is 5.63 Å². The third-order valence-electron chi connectivity index (χ3n) is 11.2. The van der Waals surface area contributed by atoms with Crippen LogP contribution >= 0.6 is 0 Å². The van der Waals surface area contributed by atoms with Gasteiger partial charge in [0.05, 0.1) is 6.26 Å². The predicted octanol–water partition coefficient (Wildman–Crippen LogP) is 3.91. The van der Waals surface area contributed by atoms with Gasteiger partial charge in [0.1, 0.15) is 30.0 Å². The molecule has 1 aromatic rings. The molecule has 11 atom stereocenters. The van der Waals surface area contributed by atoms with Crippen LogP contribution in [0.1, 0.15) is 84.6 Å². The second-order valence-electron chi connectivity index (χ2n) is 12.9. The van der Waals surface area contributed by atoms with Crippen LogP contribution in [0.4, 0.5) is 0 Å². The number of ether oxygens (including phenoxy) is 4. The fourth-order valence-electron chi connectivity index (χ4n) is 9.73. The van der Waals surface area contributed by atoms with Crippen molar-refractivity contribution < 1.29 is 37.7 Å². The molecule has 0 amide bonds. The highest BCUT2D eigenvalue weighted by molar-refractivity contribution is 5.68. The molecular formula is C30H38O9. The van der Waals surface area contributed by atoms with Crippen LogP contribution in [0.25, 0.3) is 0 Å². The molecule has 4 saturated carbocycles. The van der Waals surface area contributed by atoms with E-state index in [-0.39, 0.29) is 47.3 Å². The van der Waals surface area contributed by atoms with Gasteiger partial charge < -0.3 is 23.4 Å². The van der Waals surface area contributed by atoms with Gasteiger partial charge >= 0.3 is 23.5 Å². The molecule has 2 heterocycles. The van der Waals surface area contributed by atoms with E-state index in [1.165, 1.54) is 33.1 Å². The summed E-state index contributed by atoms with van der Waals surface area (Å²) in [5.41, 5.74) is -1.10. The lowest BCUT2D eigenvalue weighted by Crippen LogP contribution is -2.64. The van der Waals surface area contributed by atoms with Crippen LogP contribution in [0.2, 0.25) is 0 Å². The van der Waals surface area contributed by atoms with Crippen molar-refractivity contribution in [3.63, 3.8) is 0 Å². The predicted molar refractivity (Wildman–Crippen MR) is 136 cm³/mol. The van der Waals surface area contributed by atoms with Gasteiger partial charge in [-0.2, -0.15) is 0 Å². The molecule has 5 fully saturated rings. The van der Waals surface area contributed by atoms with E-state index in [2.05, 4.69) is 13.8 Å². The lowest BCUT2D eigenvalue weighted by molar-refractivity contribution is -0.206. The number of carbonyl (C=O) groups excluding carboxylic acids is 3. The van der Waals surface area contributed by atoms with Crippen LogP contribution in [0, 0.1) is 28.6 Å². The Morgan fingerprint density at radius 2 is 1.62 bits per heavy atom. The molecule has 39 heavy (non-hydrogen) atoms. The van der Waals surface area contributed by atoms with Crippen molar-refractivity contribution in [2.24, 2.45) is 28.6 Å². The second kappa shape index (κ2) is 8.91. The summed E-state index contributed by atoms with van der Waals surface area (Å²) in [5.74, 6) is -0.587. The van der Waals surface area contributed by atoms with Gasteiger partial charge in [-0.05, 0) is 73.3 Å². The van der Waals surface area contributed by atoms with Crippen LogP contribution in [0.15, 0.2) is 27.6 Å². The second-order valence-corrected chi connectivity index (χ2v) is 12.9. The number of hydrogen-bond donors (Lipinski definition) is 0. The standard InChI is InChI=1S/C30H38O9/c1-15(31)36-20-10-11-28(4)19(12-20)7-8-21-22(28)13-23(37-16(2)32)29(5)25(18-6-9-24(34)35-14-18)26(38-17(3)33)27-30(21,29)39-27/h6,9,14,19-23,25-27H,7-8,10-13H2,1-5H3. The minimum atomic E-state index is -0.706. The van der Waals surface area contributed by atoms with Crippen LogP contribution in [0.5, 0.6) is 0 Å². The van der Waals surface area contributed by atoms with Crippen LogP contribution in [0.3, 0.4) is 0 Å². The molecule has 0 aromatic carbocycles. The first-order valence-corrected chi connectivity index (χ1v) is 14.2. The van der Waals surface area contributed by atoms with Crippen molar-refractivity contribution in [2.45, 2.75) is 109 Å². The molecule has 1 aromatic heterocycles. The number of epoxide rings is 1. The quantitative estimate of drug-likeness (QED) is 0.317. The zero-order chi connectivity index (χ0) is 27.9. The Labute approximate surface area is 227 Å². The summed E-state index contributed by atoms with van der Waals surface area (Å²) in [6.07, 6.45) is 5.12. The largest absolute Gasteiger partial charge is 0.463 e. The molecule has 0 bridgehead atoms. The van der Waals surface area contributed by atoms with Gasteiger partial charge in [-0.1, -0.05) is 13.8 Å². The van der Waals surface area contributed by atoms with Gasteiger partial charge in [0.25, 0.3) is 0 Å². The summed E-state index contributed by atoms with van der Waals surface area (Å²) in [5, 5.41) is 0. The lowest BCUT2D eigenvalue weighted by atomic mass is 9.43. The summed E-state index contributed by atoms with van der Waals surface area (Å²) < 4.78 is 29.7. The summed E-state index contributed by atoms with van der Waals surface area (Å²) >= 11 is 0. The Hall–Kier alpha value is -2.68. The molecule has 0 N–H and O–H groups in total. The van der Waals surface area contributed by atoms with Gasteiger partial charge in [0, 0.05) is 38.2 Å². The van der Waals surface area contributed by atoms with E-state index in [9.17, 15) is 19.2 Å². The smallest absolute Gasteiger partial charge is 0.335 e. The molecular weight excluding hydrogens is 504 g/mol. The molecule has 1 aliphatic heterocycles. The van der Waals surface area contributed by atoms with Gasteiger partial charge in [0.2, 0.25) is 0 Å². The van der Waals surface area contributed by atoms with E-state index >= 15 is 0 Å². The maximum Gasteiger partial charge on any atom is 0.335 e. The van der Waals surface area contributed by atoms with Crippen LogP contribution in [-0.4, -0.2) is 47.9 Å². The first-order valence-electron chi connectivity index (χ1n) is 14.2. The van der Waals surface area contributed by atoms with E-state index < -0.39 is 34.8 Å². The van der Waals surface area contributed by atoms with E-state index in [0.29, 0.717) is 12.3 Å². The normalized spacial score (nSPS) is 45.6. The zero-order valence-corrected chi connectivity index (χ0v) is 23.3. The molecule has 212 valence electrons. The van der Waals surface area contributed by atoms with Crippen molar-refractivity contribution in [1.29, 1.82) is 0 Å². The van der Waals surface area contributed by atoms with E-state index in [1.54, 1.807) is 6.07 Å². The zero-order valence-electron chi connectivity index (χ0n) is 23.3. The Morgan fingerprint density at radius 3 is 2.26 bits per heavy atom. The number of esters is 3. The van der Waals surface area contributed by atoms with E-state index in [4.69, 9.17) is 23.4 Å². The third-order valence-corrected chi connectivity index (χ3v) is 11.2. The number of hydrogen-bond acceptors (Lipinski definition) is 9. The highest BCUT2D eigenvalue weighted by Crippen LogP contribution is 2.78. The summed E-state index contributed by atoms with van der Waals surface area (Å²) in [6, 6.07) is 3.10. The lowest BCUT2D eigenvalue weighted by Gasteiger charge is -2.62. The first-order chi connectivity index (χ1) is 18.4. The number of fused-ring (bicyclic) bond motifs is 3. The van der Waals surface area contributed by atoms with Gasteiger partial charge in [-0.25, -0.2) is 4.79 Å². The number of carbonyl (C=O) groups is 3. The van der Waals surface area contributed by atoms with Gasteiger partial charge in [-0.3, -0.25) is 14.4 Å². The minimum Gasteiger partial charge on any atom is -0.463 e. The van der Waals surface area contributed by atoms with Crippen molar-refractivity contribution in [3.8, 4) is 0 Å². The molecule has 4 aliphatic carbocycles. The average molecular weight is 543 g/mol. The van der Waals surface area contributed by atoms with Crippen molar-refractivity contribution >= 4 is 17.9 Å². The molecule has 1 spiro atoms. The van der Waals surface area contributed by atoms with Crippen molar-refractivity contribution in [1.82, 2.24) is 0 Å². The Balaban J connectivity index is 1.43. The van der Waals surface area contributed by atoms with Gasteiger partial charge in [-0.15, -0.1) is 0 Å². The molecule has 9 heteroatoms. The topological polar surface area (TPSA) is 122 Å². The molecule has 9 nitrogen and oxygen atoms in total. The molecule has 1 saturated heterocycles. The Morgan fingerprint density at radius 1 is 0.897 bits per heavy atom. The third kappa shape index (κ3) is 3.75. The average Bonchev–Trinajstić information content (AvgIpc) is 3.55. The molecule has 11 unspecified atom stereocenters. The molecule has 5 aliphatic rings. The fraction of sp³-hybridized carbons (Fsp3) is 0.733. The monoisotopic (exact) mass is 542 g/mol. The van der Waals surface area contributed by atoms with Crippen molar-refractivity contribution in [2.75, 3.05) is 0 Å². The van der Waals surface area contributed by atoms with E-state index in [0.717, 1.165) is 37.7 Å². The SMILES string of the molecule is CC(=O)OC1CCC2(C)C(CCC3C2CC(OC(C)=O)C2(C)C(c4ccc(=O)oc4)C(OC(C)=O)C4OC342)C1. The fourth-order valence-corrected chi connectivity index (χ4v) is 9.73. The highest BCUT2D eigenvalue weighted by Gasteiger charge is 2.87. The Bertz CT molecular complexity index is 1230.